The molecule has 0 aromatic heterocycles. The average Bonchev–Trinajstić information content (AvgIpc) is 3.35. The second kappa shape index (κ2) is 15.6. The molecule has 0 heterocycles. The van der Waals surface area contributed by atoms with E-state index in [9.17, 15) is 0 Å². The predicted octanol–water partition coefficient (Wildman–Crippen LogP) is 17.0. The highest BCUT2D eigenvalue weighted by Gasteiger charge is 2.16. The van der Waals surface area contributed by atoms with Gasteiger partial charge in [-0.1, -0.05) is 206 Å². The molecule has 11 rings (SSSR count). The Morgan fingerprint density at radius 2 is 0.639 bits per heavy atom. The molecule has 0 fully saturated rings. The van der Waals surface area contributed by atoms with Crippen molar-refractivity contribution in [1.29, 1.82) is 0 Å². The number of anilines is 3. The molecule has 1 nitrogen and oxygen atoms in total. The highest BCUT2D eigenvalue weighted by molar-refractivity contribution is 6.08. The topological polar surface area (TPSA) is 3.24 Å². The van der Waals surface area contributed by atoms with Crippen molar-refractivity contribution in [2.75, 3.05) is 4.90 Å². The van der Waals surface area contributed by atoms with E-state index in [0.717, 1.165) is 17.1 Å². The van der Waals surface area contributed by atoms with Gasteiger partial charge in [-0.3, -0.25) is 0 Å². The Morgan fingerprint density at radius 3 is 1.34 bits per heavy atom. The van der Waals surface area contributed by atoms with E-state index in [1.165, 1.54) is 88.0 Å². The van der Waals surface area contributed by atoms with E-state index in [1.807, 2.05) is 0 Å². The molecule has 0 aliphatic heterocycles. The lowest BCUT2D eigenvalue weighted by Crippen LogP contribution is -2.09. The van der Waals surface area contributed by atoms with Crippen molar-refractivity contribution in [3.8, 4) is 55.6 Å². The maximum atomic E-state index is 2.37. The molecule has 0 amide bonds. The molecule has 0 saturated heterocycles. The molecule has 0 aliphatic rings. The van der Waals surface area contributed by atoms with Crippen LogP contribution < -0.4 is 4.90 Å². The van der Waals surface area contributed by atoms with E-state index in [-0.39, 0.29) is 0 Å². The quantitative estimate of drug-likeness (QED) is 0.139. The predicted molar refractivity (Wildman–Crippen MR) is 261 cm³/mol. The SMILES string of the molecule is c1ccc(-c2ccc(-c3ccccc3)c(-c3ccc(-c4ccc(N(c5ccc(-c6cccc7ccccc67)cc5)c5ccc6c(ccc7ccccc76)c5)cc4)cc3)c2)cc1. The lowest BCUT2D eigenvalue weighted by molar-refractivity contribution is 1.29. The van der Waals surface area contributed by atoms with E-state index >= 15 is 0 Å². The van der Waals surface area contributed by atoms with Gasteiger partial charge in [0, 0.05) is 17.1 Å². The summed E-state index contributed by atoms with van der Waals surface area (Å²) in [4.78, 5) is 2.37. The molecule has 0 N–H and O–H groups in total. The van der Waals surface area contributed by atoms with Crippen molar-refractivity contribution in [3.63, 3.8) is 0 Å². The zero-order valence-electron chi connectivity index (χ0n) is 33.6. The Hall–Kier alpha value is -8.00. The van der Waals surface area contributed by atoms with Crippen LogP contribution in [0.4, 0.5) is 17.1 Å². The molecule has 0 atom stereocenters. The van der Waals surface area contributed by atoms with Crippen molar-refractivity contribution in [2.24, 2.45) is 0 Å². The average molecular weight is 776 g/mol. The van der Waals surface area contributed by atoms with Crippen molar-refractivity contribution in [2.45, 2.75) is 0 Å². The van der Waals surface area contributed by atoms with Gasteiger partial charge in [-0.05, 0) is 130 Å². The minimum Gasteiger partial charge on any atom is -0.310 e. The number of rotatable bonds is 8. The molecule has 61 heavy (non-hydrogen) atoms. The first-order chi connectivity index (χ1) is 30.2. The van der Waals surface area contributed by atoms with Gasteiger partial charge >= 0.3 is 0 Å². The van der Waals surface area contributed by atoms with Gasteiger partial charge in [-0.15, -0.1) is 0 Å². The van der Waals surface area contributed by atoms with E-state index < -0.39 is 0 Å². The maximum Gasteiger partial charge on any atom is 0.0468 e. The van der Waals surface area contributed by atoms with Crippen LogP contribution >= 0.6 is 0 Å². The smallest absolute Gasteiger partial charge is 0.0468 e. The third kappa shape index (κ3) is 6.93. The first-order valence-electron chi connectivity index (χ1n) is 21.0. The Bertz CT molecular complexity index is 3310. The highest BCUT2D eigenvalue weighted by Crippen LogP contribution is 2.41. The van der Waals surface area contributed by atoms with Crippen LogP contribution in [0.2, 0.25) is 0 Å². The fourth-order valence-corrected chi connectivity index (χ4v) is 8.96. The van der Waals surface area contributed by atoms with E-state index in [0.29, 0.717) is 0 Å². The molecule has 11 aromatic rings. The molecule has 0 unspecified atom stereocenters. The van der Waals surface area contributed by atoms with Gasteiger partial charge < -0.3 is 4.90 Å². The summed E-state index contributed by atoms with van der Waals surface area (Å²) in [6.45, 7) is 0. The third-order valence-corrected chi connectivity index (χ3v) is 12.1. The van der Waals surface area contributed by atoms with Crippen LogP contribution in [0.3, 0.4) is 0 Å². The largest absolute Gasteiger partial charge is 0.310 e. The van der Waals surface area contributed by atoms with Gasteiger partial charge in [0.25, 0.3) is 0 Å². The minimum atomic E-state index is 1.10. The van der Waals surface area contributed by atoms with Gasteiger partial charge in [-0.2, -0.15) is 0 Å². The summed E-state index contributed by atoms with van der Waals surface area (Å²) >= 11 is 0. The van der Waals surface area contributed by atoms with E-state index in [1.54, 1.807) is 0 Å². The maximum absolute atomic E-state index is 2.37. The van der Waals surface area contributed by atoms with Crippen molar-refractivity contribution >= 4 is 49.4 Å². The summed E-state index contributed by atoms with van der Waals surface area (Å²) in [7, 11) is 0. The molecule has 1 heteroatoms. The lowest BCUT2D eigenvalue weighted by atomic mass is 9.90. The molecule has 0 saturated carbocycles. The van der Waals surface area contributed by atoms with E-state index in [4.69, 9.17) is 0 Å². The molecule has 0 radical (unpaired) electrons. The van der Waals surface area contributed by atoms with Crippen LogP contribution in [0.15, 0.2) is 249 Å². The Balaban J connectivity index is 0.957. The van der Waals surface area contributed by atoms with Crippen LogP contribution in [-0.2, 0) is 0 Å². The monoisotopic (exact) mass is 775 g/mol. The van der Waals surface area contributed by atoms with Crippen molar-refractivity contribution in [3.05, 3.63) is 249 Å². The summed E-state index contributed by atoms with van der Waals surface area (Å²) in [6.07, 6.45) is 0. The van der Waals surface area contributed by atoms with Crippen LogP contribution in [-0.4, -0.2) is 0 Å². The standard InChI is InChI=1S/C60H41N/c1-3-12-42(13-4-1)50-32-38-58(45-14-5-2-6-15-45)60(41-50)49-24-22-43(23-25-49)44-28-33-52(34-29-44)61(54-37-39-59-51(40-54)27-26-47-17-8-10-20-56(47)59)53-35-30-48(31-36-53)57-21-11-18-46-16-7-9-19-55(46)57/h1-41H. The lowest BCUT2D eigenvalue weighted by Gasteiger charge is -2.26. The summed E-state index contributed by atoms with van der Waals surface area (Å²) in [5, 5.41) is 7.51. The number of benzene rings is 11. The van der Waals surface area contributed by atoms with Crippen LogP contribution in [0, 0.1) is 0 Å². The molecular formula is C60H41N. The summed E-state index contributed by atoms with van der Waals surface area (Å²) in [6, 6.07) is 90.4. The number of hydrogen-bond acceptors (Lipinski definition) is 1. The molecule has 11 aromatic carbocycles. The zero-order valence-corrected chi connectivity index (χ0v) is 33.6. The van der Waals surface area contributed by atoms with Gasteiger partial charge in [0.2, 0.25) is 0 Å². The van der Waals surface area contributed by atoms with Crippen LogP contribution in [0.5, 0.6) is 0 Å². The minimum absolute atomic E-state index is 1.10. The summed E-state index contributed by atoms with van der Waals surface area (Å²) in [5.41, 5.74) is 15.4. The third-order valence-electron chi connectivity index (χ3n) is 12.1. The normalized spacial score (nSPS) is 11.3. The van der Waals surface area contributed by atoms with Gasteiger partial charge in [0.1, 0.15) is 0 Å². The Kier molecular flexibility index (Phi) is 9.26. The molecule has 286 valence electrons. The first-order valence-corrected chi connectivity index (χ1v) is 21.0. The molecule has 0 bridgehead atoms. The highest BCUT2D eigenvalue weighted by atomic mass is 15.1. The number of nitrogens with zero attached hydrogens (tertiary/aromatic N) is 1. The molecule has 0 aliphatic carbocycles. The summed E-state index contributed by atoms with van der Waals surface area (Å²) < 4.78 is 0. The van der Waals surface area contributed by atoms with Crippen molar-refractivity contribution in [1.82, 2.24) is 0 Å². The van der Waals surface area contributed by atoms with Gasteiger partial charge in [-0.25, -0.2) is 0 Å². The van der Waals surface area contributed by atoms with E-state index in [2.05, 4.69) is 254 Å². The van der Waals surface area contributed by atoms with Crippen molar-refractivity contribution < 1.29 is 0 Å². The Labute approximate surface area is 357 Å². The van der Waals surface area contributed by atoms with Gasteiger partial charge in [0.05, 0.1) is 0 Å². The molecule has 0 spiro atoms. The van der Waals surface area contributed by atoms with Gasteiger partial charge in [0.15, 0.2) is 0 Å². The second-order valence-electron chi connectivity index (χ2n) is 15.7. The Morgan fingerprint density at radius 1 is 0.197 bits per heavy atom. The number of hydrogen-bond donors (Lipinski definition) is 0. The fourth-order valence-electron chi connectivity index (χ4n) is 8.96. The fraction of sp³-hybridized carbons (Fsp3) is 0. The zero-order chi connectivity index (χ0) is 40.5. The molecular weight excluding hydrogens is 735 g/mol. The van der Waals surface area contributed by atoms with Crippen LogP contribution in [0.25, 0.3) is 88.0 Å². The first kappa shape index (κ1) is 36.1. The van der Waals surface area contributed by atoms with Crippen LogP contribution in [0.1, 0.15) is 0 Å². The number of fused-ring (bicyclic) bond motifs is 4. The second-order valence-corrected chi connectivity index (χ2v) is 15.7. The summed E-state index contributed by atoms with van der Waals surface area (Å²) in [5.74, 6) is 0.